The van der Waals surface area contributed by atoms with Gasteiger partial charge >= 0.3 is 0 Å². The van der Waals surface area contributed by atoms with Gasteiger partial charge < -0.3 is 10.0 Å². The van der Waals surface area contributed by atoms with Gasteiger partial charge in [0, 0.05) is 31.3 Å². The summed E-state index contributed by atoms with van der Waals surface area (Å²) in [5.74, 6) is -0.127. The number of nitriles is 1. The predicted molar refractivity (Wildman–Crippen MR) is 88.6 cm³/mol. The van der Waals surface area contributed by atoms with Crippen LogP contribution in [0.1, 0.15) is 55.5 Å². The third kappa shape index (κ3) is 2.42. The van der Waals surface area contributed by atoms with Crippen molar-refractivity contribution >= 4 is 11.5 Å². The van der Waals surface area contributed by atoms with Crippen molar-refractivity contribution in [1.29, 1.82) is 5.26 Å². The number of aromatic nitrogens is 1. The summed E-state index contributed by atoms with van der Waals surface area (Å²) in [7, 11) is 0. The quantitative estimate of drug-likeness (QED) is 0.904. The van der Waals surface area contributed by atoms with Crippen molar-refractivity contribution in [3.8, 4) is 6.07 Å². The lowest BCUT2D eigenvalue weighted by atomic mass is 9.86. The number of Topliss-reactive ketones (excluding diaryl/α,β-unsaturated/α-hetero) is 1. The normalized spacial score (nSPS) is 23.0. The van der Waals surface area contributed by atoms with Gasteiger partial charge in [-0.2, -0.15) is 5.26 Å². The molecule has 0 bridgehead atoms. The van der Waals surface area contributed by atoms with E-state index in [0.29, 0.717) is 11.1 Å². The summed E-state index contributed by atoms with van der Waals surface area (Å²) in [4.78, 5) is 18.9. The molecule has 0 aromatic carbocycles. The van der Waals surface area contributed by atoms with E-state index in [4.69, 9.17) is 0 Å². The minimum atomic E-state index is -0.671. The van der Waals surface area contributed by atoms with E-state index in [-0.39, 0.29) is 17.8 Å². The van der Waals surface area contributed by atoms with Gasteiger partial charge in [-0.1, -0.05) is 0 Å². The van der Waals surface area contributed by atoms with Crippen molar-refractivity contribution < 1.29 is 9.90 Å². The molecule has 1 saturated heterocycles. The highest BCUT2D eigenvalue weighted by atomic mass is 16.3. The van der Waals surface area contributed by atoms with Crippen molar-refractivity contribution in [3.05, 3.63) is 34.7 Å². The number of allylic oxidation sites excluding steroid dienone is 1. The topological polar surface area (TPSA) is 77.2 Å². The summed E-state index contributed by atoms with van der Waals surface area (Å²) < 4.78 is 0. The van der Waals surface area contributed by atoms with E-state index in [2.05, 4.69) is 16.0 Å². The zero-order valence-corrected chi connectivity index (χ0v) is 13.9. The second-order valence-electron chi connectivity index (χ2n) is 7.36. The van der Waals surface area contributed by atoms with Gasteiger partial charge in [0.25, 0.3) is 0 Å². The molecule has 0 radical (unpaired) electrons. The molecule has 1 aromatic heterocycles. The Morgan fingerprint density at radius 3 is 2.62 bits per heavy atom. The number of fused-ring (bicyclic) bond motifs is 1. The maximum atomic E-state index is 12.4. The minimum Gasteiger partial charge on any atom is -0.387 e. The van der Waals surface area contributed by atoms with Crippen LogP contribution in [-0.2, 0) is 11.2 Å². The predicted octanol–water partition coefficient (Wildman–Crippen LogP) is 2.37. The summed E-state index contributed by atoms with van der Waals surface area (Å²) in [5, 5.41) is 19.4. The van der Waals surface area contributed by atoms with Crippen LogP contribution < -0.4 is 0 Å². The molecule has 1 aromatic rings. The summed E-state index contributed by atoms with van der Waals surface area (Å²) in [6.07, 6.45) is 6.12. The van der Waals surface area contributed by atoms with E-state index in [9.17, 15) is 15.2 Å². The van der Waals surface area contributed by atoms with E-state index in [1.807, 2.05) is 6.07 Å². The number of aliphatic hydroxyl groups is 1. The molecule has 1 aliphatic heterocycles. The first kappa shape index (κ1) is 15.3. The van der Waals surface area contributed by atoms with Crippen LogP contribution in [0, 0.1) is 16.7 Å². The molecule has 124 valence electrons. The number of likely N-dealkylation sites (tertiary alicyclic amines) is 1. The molecule has 1 N–H and O–H groups in total. The monoisotopic (exact) mass is 323 g/mol. The molecule has 5 heteroatoms. The average Bonchev–Trinajstić information content (AvgIpc) is 3.33. The van der Waals surface area contributed by atoms with Crippen LogP contribution in [0.2, 0.25) is 0 Å². The van der Waals surface area contributed by atoms with E-state index in [1.165, 1.54) is 12.8 Å². The standard InChI is InChI=1S/C19H21N3O2/c1-12(23)16-9-14-13(11-21-16)8-17(24)15(10-20)18(14)22-6-4-19(2-3-19)5-7-22/h9,11-12,23H,2-8H2,1H3/t12-/m1/s1. The average molecular weight is 323 g/mol. The second-order valence-corrected chi connectivity index (χ2v) is 7.36. The Balaban J connectivity index is 1.78. The van der Waals surface area contributed by atoms with E-state index in [0.717, 1.165) is 42.8 Å². The van der Waals surface area contributed by atoms with Crippen molar-refractivity contribution in [1.82, 2.24) is 9.88 Å². The Morgan fingerprint density at radius 2 is 2.04 bits per heavy atom. The van der Waals surface area contributed by atoms with Crippen molar-refractivity contribution in [2.75, 3.05) is 13.1 Å². The Morgan fingerprint density at radius 1 is 1.33 bits per heavy atom. The first-order chi connectivity index (χ1) is 11.5. The maximum Gasteiger partial charge on any atom is 0.179 e. The van der Waals surface area contributed by atoms with Crippen LogP contribution in [0.15, 0.2) is 17.8 Å². The second kappa shape index (κ2) is 5.42. The van der Waals surface area contributed by atoms with Crippen LogP contribution in [0.5, 0.6) is 0 Å². The largest absolute Gasteiger partial charge is 0.387 e. The Kier molecular flexibility index (Phi) is 3.47. The third-order valence-corrected chi connectivity index (χ3v) is 5.77. The molecule has 1 saturated carbocycles. The number of aliphatic hydroxyl groups excluding tert-OH is 1. The number of pyridine rings is 1. The van der Waals surface area contributed by atoms with Gasteiger partial charge in [0.05, 0.1) is 17.5 Å². The molecule has 1 spiro atoms. The molecule has 1 atom stereocenters. The molecule has 24 heavy (non-hydrogen) atoms. The number of carbonyl (C=O) groups is 1. The number of hydrogen-bond acceptors (Lipinski definition) is 5. The summed E-state index contributed by atoms with van der Waals surface area (Å²) in [5.41, 5.74) is 3.87. The molecule has 2 fully saturated rings. The minimum absolute atomic E-state index is 0.127. The number of rotatable bonds is 2. The van der Waals surface area contributed by atoms with Gasteiger partial charge in [0.2, 0.25) is 0 Å². The summed E-state index contributed by atoms with van der Waals surface area (Å²) >= 11 is 0. The van der Waals surface area contributed by atoms with E-state index >= 15 is 0 Å². The first-order valence-corrected chi connectivity index (χ1v) is 8.63. The molecular formula is C19H21N3O2. The molecule has 2 heterocycles. The first-order valence-electron chi connectivity index (χ1n) is 8.63. The van der Waals surface area contributed by atoms with Crippen LogP contribution in [-0.4, -0.2) is 33.9 Å². The SMILES string of the molecule is C[C@@H](O)c1cc2c(cn1)CC(=O)C(C#N)=C2N1CCC2(CC1)CC2. The number of carbonyl (C=O) groups excluding carboxylic acids is 1. The van der Waals surface area contributed by atoms with Crippen molar-refractivity contribution in [2.24, 2.45) is 5.41 Å². The number of hydrogen-bond donors (Lipinski definition) is 1. The summed E-state index contributed by atoms with van der Waals surface area (Å²) in [6.45, 7) is 3.45. The molecular weight excluding hydrogens is 302 g/mol. The highest BCUT2D eigenvalue weighted by Gasteiger charge is 2.45. The fourth-order valence-electron chi connectivity index (χ4n) is 3.94. The zero-order valence-electron chi connectivity index (χ0n) is 13.9. The fourth-order valence-corrected chi connectivity index (χ4v) is 3.94. The molecule has 2 aliphatic carbocycles. The van der Waals surface area contributed by atoms with Crippen LogP contribution in [0.25, 0.3) is 5.70 Å². The van der Waals surface area contributed by atoms with Gasteiger partial charge in [0.15, 0.2) is 5.78 Å². The maximum absolute atomic E-state index is 12.4. The smallest absolute Gasteiger partial charge is 0.179 e. The van der Waals surface area contributed by atoms with E-state index < -0.39 is 6.10 Å². The van der Waals surface area contributed by atoms with Gasteiger partial charge in [-0.25, -0.2) is 0 Å². The van der Waals surface area contributed by atoms with Crippen molar-refractivity contribution in [3.63, 3.8) is 0 Å². The number of piperidine rings is 1. The van der Waals surface area contributed by atoms with Gasteiger partial charge in [0.1, 0.15) is 11.6 Å². The highest BCUT2D eigenvalue weighted by Crippen LogP contribution is 2.54. The third-order valence-electron chi connectivity index (χ3n) is 5.77. The van der Waals surface area contributed by atoms with E-state index in [1.54, 1.807) is 13.1 Å². The Hall–Kier alpha value is -2.19. The van der Waals surface area contributed by atoms with Crippen LogP contribution >= 0.6 is 0 Å². The summed E-state index contributed by atoms with van der Waals surface area (Å²) in [6, 6.07) is 3.98. The number of nitrogens with zero attached hydrogens (tertiary/aromatic N) is 3. The Labute approximate surface area is 141 Å². The molecule has 3 aliphatic rings. The Bertz CT molecular complexity index is 774. The van der Waals surface area contributed by atoms with Crippen molar-refractivity contribution in [2.45, 2.75) is 45.1 Å². The zero-order chi connectivity index (χ0) is 16.9. The molecule has 5 nitrogen and oxygen atoms in total. The lowest BCUT2D eigenvalue weighted by Crippen LogP contribution is -2.36. The molecule has 0 amide bonds. The number of ketones is 1. The van der Waals surface area contributed by atoms with Gasteiger partial charge in [-0.3, -0.25) is 9.78 Å². The lowest BCUT2D eigenvalue weighted by molar-refractivity contribution is -0.114. The van der Waals surface area contributed by atoms with Gasteiger partial charge in [-0.05, 0) is 49.7 Å². The highest BCUT2D eigenvalue weighted by molar-refractivity contribution is 6.09. The van der Waals surface area contributed by atoms with Crippen LogP contribution in [0.3, 0.4) is 0 Å². The fraction of sp³-hybridized carbons (Fsp3) is 0.526. The molecule has 0 unspecified atom stereocenters. The lowest BCUT2D eigenvalue weighted by Gasteiger charge is -2.37. The van der Waals surface area contributed by atoms with Crippen LogP contribution in [0.4, 0.5) is 0 Å². The molecule has 4 rings (SSSR count). The van der Waals surface area contributed by atoms with Gasteiger partial charge in [-0.15, -0.1) is 0 Å².